The Bertz CT molecular complexity index is 1100. The van der Waals surface area contributed by atoms with Gasteiger partial charge in [-0.3, -0.25) is 19.2 Å². The van der Waals surface area contributed by atoms with Crippen molar-refractivity contribution in [1.82, 2.24) is 24.3 Å². The molecule has 7 heteroatoms. The van der Waals surface area contributed by atoms with Gasteiger partial charge in [0.15, 0.2) is 5.65 Å². The van der Waals surface area contributed by atoms with Crippen LogP contribution in [0.25, 0.3) is 16.9 Å². The van der Waals surface area contributed by atoms with Crippen molar-refractivity contribution in [3.63, 3.8) is 0 Å². The molecule has 7 nitrogen and oxygen atoms in total. The molecule has 0 aliphatic heterocycles. The first-order valence-electron chi connectivity index (χ1n) is 8.44. The fourth-order valence-corrected chi connectivity index (χ4v) is 2.86. The summed E-state index contributed by atoms with van der Waals surface area (Å²) in [5.74, 6) is 0.753. The van der Waals surface area contributed by atoms with Crippen molar-refractivity contribution in [2.24, 2.45) is 0 Å². The Morgan fingerprint density at radius 1 is 1.07 bits per heavy atom. The van der Waals surface area contributed by atoms with Gasteiger partial charge in [-0.25, -0.2) is 4.98 Å². The van der Waals surface area contributed by atoms with Gasteiger partial charge in [-0.1, -0.05) is 6.07 Å². The van der Waals surface area contributed by atoms with Crippen molar-refractivity contribution >= 4 is 23.1 Å². The lowest BCUT2D eigenvalue weighted by molar-refractivity contribution is 0.0827. The normalized spacial score (nSPS) is 10.7. The first-order chi connectivity index (χ1) is 13.1. The molecular weight excluding hydrogens is 340 g/mol. The van der Waals surface area contributed by atoms with Crippen LogP contribution < -0.4 is 5.32 Å². The molecule has 0 radical (unpaired) electrons. The molecule has 1 amide bonds. The number of nitrogens with zero attached hydrogens (tertiary/aromatic N) is 5. The first kappa shape index (κ1) is 16.7. The second-order valence-electron chi connectivity index (χ2n) is 6.25. The monoisotopic (exact) mass is 358 g/mol. The summed E-state index contributed by atoms with van der Waals surface area (Å²) in [6.45, 7) is 0. The molecule has 27 heavy (non-hydrogen) atoms. The summed E-state index contributed by atoms with van der Waals surface area (Å²) in [7, 11) is 3.48. The number of hydrogen-bond donors (Lipinski definition) is 1. The van der Waals surface area contributed by atoms with E-state index in [0.29, 0.717) is 5.56 Å². The maximum absolute atomic E-state index is 12.3. The SMILES string of the molecule is CN(C)C(=O)c1cccc(Nc2c(-c3ccncc3)nc3cnccn23)c1. The quantitative estimate of drug-likeness (QED) is 0.606. The van der Waals surface area contributed by atoms with Crippen molar-refractivity contribution < 1.29 is 4.79 Å². The minimum absolute atomic E-state index is 0.0460. The molecular formula is C20H18N6O. The Balaban J connectivity index is 1.80. The fraction of sp³-hybridized carbons (Fsp3) is 0.100. The van der Waals surface area contributed by atoms with E-state index in [9.17, 15) is 4.79 Å². The van der Waals surface area contributed by atoms with Gasteiger partial charge in [0.1, 0.15) is 11.5 Å². The topological polar surface area (TPSA) is 75.4 Å². The van der Waals surface area contributed by atoms with Crippen LogP contribution in [-0.2, 0) is 0 Å². The molecule has 0 saturated heterocycles. The molecule has 0 saturated carbocycles. The molecule has 0 bridgehead atoms. The van der Waals surface area contributed by atoms with E-state index in [4.69, 9.17) is 4.98 Å². The number of nitrogens with one attached hydrogen (secondary N) is 1. The van der Waals surface area contributed by atoms with E-state index < -0.39 is 0 Å². The van der Waals surface area contributed by atoms with E-state index in [1.165, 1.54) is 0 Å². The van der Waals surface area contributed by atoms with Crippen molar-refractivity contribution in [1.29, 1.82) is 0 Å². The second-order valence-corrected chi connectivity index (χ2v) is 6.25. The number of amides is 1. The summed E-state index contributed by atoms with van der Waals surface area (Å²) in [6.07, 6.45) is 8.74. The number of rotatable bonds is 4. The third-order valence-corrected chi connectivity index (χ3v) is 4.16. The van der Waals surface area contributed by atoms with Gasteiger partial charge in [-0.15, -0.1) is 0 Å². The number of anilines is 2. The zero-order valence-corrected chi connectivity index (χ0v) is 15.0. The molecule has 0 aliphatic rings. The summed E-state index contributed by atoms with van der Waals surface area (Å²) in [5.41, 5.74) is 3.88. The number of aromatic nitrogens is 4. The number of carbonyl (C=O) groups is 1. The van der Waals surface area contributed by atoms with Crippen LogP contribution >= 0.6 is 0 Å². The molecule has 3 aromatic heterocycles. The van der Waals surface area contributed by atoms with Gasteiger partial charge in [0.25, 0.3) is 5.91 Å². The number of fused-ring (bicyclic) bond motifs is 1. The van der Waals surface area contributed by atoms with E-state index in [1.54, 1.807) is 49.8 Å². The number of benzene rings is 1. The first-order valence-corrected chi connectivity index (χ1v) is 8.44. The molecule has 0 fully saturated rings. The maximum Gasteiger partial charge on any atom is 0.253 e. The summed E-state index contributed by atoms with van der Waals surface area (Å²) in [5, 5.41) is 3.41. The highest BCUT2D eigenvalue weighted by molar-refractivity contribution is 5.95. The largest absolute Gasteiger partial charge is 0.345 e. The molecule has 1 N–H and O–H groups in total. The molecule has 0 unspecified atom stereocenters. The van der Waals surface area contributed by atoms with Crippen LogP contribution in [0, 0.1) is 0 Å². The highest BCUT2D eigenvalue weighted by Crippen LogP contribution is 2.30. The summed E-state index contributed by atoms with van der Waals surface area (Å²) in [4.78, 5) is 26.7. The van der Waals surface area contributed by atoms with Gasteiger partial charge in [0, 0.05) is 55.7 Å². The summed E-state index contributed by atoms with van der Waals surface area (Å²) >= 11 is 0. The third-order valence-electron chi connectivity index (χ3n) is 4.16. The van der Waals surface area contributed by atoms with Gasteiger partial charge in [-0.2, -0.15) is 0 Å². The average Bonchev–Trinajstić information content (AvgIpc) is 3.07. The second kappa shape index (κ2) is 6.87. The Kier molecular flexibility index (Phi) is 4.25. The fourth-order valence-electron chi connectivity index (χ4n) is 2.86. The third kappa shape index (κ3) is 3.22. The van der Waals surface area contributed by atoms with Crippen molar-refractivity contribution in [2.45, 2.75) is 0 Å². The molecule has 0 atom stereocenters. The molecule has 1 aromatic carbocycles. The van der Waals surface area contributed by atoms with E-state index in [1.807, 2.05) is 40.9 Å². The van der Waals surface area contributed by atoms with Crippen LogP contribution in [0.5, 0.6) is 0 Å². The molecule has 4 aromatic rings. The van der Waals surface area contributed by atoms with E-state index in [-0.39, 0.29) is 5.91 Å². The summed E-state index contributed by atoms with van der Waals surface area (Å²) in [6, 6.07) is 11.2. The van der Waals surface area contributed by atoms with Crippen LogP contribution in [0.15, 0.2) is 67.4 Å². The Labute approximate surface area is 156 Å². The molecule has 0 spiro atoms. The minimum atomic E-state index is -0.0460. The van der Waals surface area contributed by atoms with Crippen LogP contribution in [0.1, 0.15) is 10.4 Å². The van der Waals surface area contributed by atoms with Crippen molar-refractivity contribution in [3.8, 4) is 11.3 Å². The van der Waals surface area contributed by atoms with Crippen LogP contribution in [0.3, 0.4) is 0 Å². The molecule has 4 rings (SSSR count). The highest BCUT2D eigenvalue weighted by atomic mass is 16.2. The molecule has 134 valence electrons. The molecule has 0 aliphatic carbocycles. The van der Waals surface area contributed by atoms with Crippen LogP contribution in [0.2, 0.25) is 0 Å². The average molecular weight is 358 g/mol. The zero-order valence-electron chi connectivity index (χ0n) is 15.0. The highest BCUT2D eigenvalue weighted by Gasteiger charge is 2.15. The number of pyridine rings is 1. The predicted octanol–water partition coefficient (Wildman–Crippen LogP) is 3.24. The summed E-state index contributed by atoms with van der Waals surface area (Å²) < 4.78 is 1.93. The number of carbonyl (C=O) groups excluding carboxylic acids is 1. The predicted molar refractivity (Wildman–Crippen MR) is 104 cm³/mol. The lowest BCUT2D eigenvalue weighted by atomic mass is 10.1. The minimum Gasteiger partial charge on any atom is -0.345 e. The van der Waals surface area contributed by atoms with Crippen molar-refractivity contribution in [3.05, 3.63) is 72.9 Å². The standard InChI is InChI=1S/C20H18N6O/c1-25(2)20(27)15-4-3-5-16(12-15)23-19-18(14-6-8-21-9-7-14)24-17-13-22-10-11-26(17)19/h3-13,23H,1-2H3. The van der Waals surface area contributed by atoms with Gasteiger partial charge >= 0.3 is 0 Å². The lowest BCUT2D eigenvalue weighted by Gasteiger charge is -2.13. The van der Waals surface area contributed by atoms with Crippen molar-refractivity contribution in [2.75, 3.05) is 19.4 Å². The lowest BCUT2D eigenvalue weighted by Crippen LogP contribution is -2.21. The Morgan fingerprint density at radius 3 is 2.67 bits per heavy atom. The van der Waals surface area contributed by atoms with Gasteiger partial charge in [0.05, 0.1) is 6.20 Å². The maximum atomic E-state index is 12.3. The number of hydrogen-bond acceptors (Lipinski definition) is 5. The van der Waals surface area contributed by atoms with E-state index >= 15 is 0 Å². The van der Waals surface area contributed by atoms with Gasteiger partial charge in [-0.05, 0) is 30.3 Å². The van der Waals surface area contributed by atoms with E-state index in [0.717, 1.165) is 28.4 Å². The van der Waals surface area contributed by atoms with Crippen LogP contribution in [-0.4, -0.2) is 44.3 Å². The molecule has 3 heterocycles. The smallest absolute Gasteiger partial charge is 0.253 e. The van der Waals surface area contributed by atoms with Gasteiger partial charge in [0.2, 0.25) is 0 Å². The Morgan fingerprint density at radius 2 is 1.89 bits per heavy atom. The van der Waals surface area contributed by atoms with Crippen LogP contribution in [0.4, 0.5) is 11.5 Å². The van der Waals surface area contributed by atoms with Gasteiger partial charge < -0.3 is 10.2 Å². The van der Waals surface area contributed by atoms with E-state index in [2.05, 4.69) is 15.3 Å². The number of imidazole rings is 1. The Hall–Kier alpha value is -3.74. The zero-order chi connectivity index (χ0) is 18.8.